The number of nitrogens with one attached hydrogen (secondary N) is 1. The number of amides is 1. The van der Waals surface area contributed by atoms with Crippen LogP contribution in [0.15, 0.2) is 18.2 Å². The highest BCUT2D eigenvalue weighted by Crippen LogP contribution is 2.28. The molecule has 4 heteroatoms. The molecule has 19 heavy (non-hydrogen) atoms. The SMILES string of the molecule is Cc1ccc(C(=O)NC2(C#N)CCCCC2)cc1Cl. The van der Waals surface area contributed by atoms with Crippen molar-refractivity contribution in [3.05, 3.63) is 34.3 Å². The van der Waals surface area contributed by atoms with Gasteiger partial charge in [0.1, 0.15) is 5.54 Å². The zero-order valence-electron chi connectivity index (χ0n) is 11.0. The van der Waals surface area contributed by atoms with Gasteiger partial charge in [0.25, 0.3) is 5.91 Å². The first kappa shape index (κ1) is 13.9. The highest BCUT2D eigenvalue weighted by Gasteiger charge is 2.33. The lowest BCUT2D eigenvalue weighted by Gasteiger charge is -2.31. The van der Waals surface area contributed by atoms with Gasteiger partial charge in [-0.05, 0) is 37.5 Å². The standard InChI is InChI=1S/C15H17ClN2O/c1-11-5-6-12(9-13(11)16)14(19)18-15(10-17)7-3-2-4-8-15/h5-6,9H,2-4,7-8H2,1H3,(H,18,19). The largest absolute Gasteiger partial charge is 0.334 e. The van der Waals surface area contributed by atoms with Crippen molar-refractivity contribution in [2.45, 2.75) is 44.6 Å². The van der Waals surface area contributed by atoms with Crippen LogP contribution in [-0.2, 0) is 0 Å². The Kier molecular flexibility index (Phi) is 4.11. The molecular formula is C15H17ClN2O. The Balaban J connectivity index is 2.15. The lowest BCUT2D eigenvalue weighted by atomic mass is 9.82. The zero-order valence-corrected chi connectivity index (χ0v) is 11.8. The smallest absolute Gasteiger partial charge is 0.252 e. The average Bonchev–Trinajstić information content (AvgIpc) is 2.43. The molecule has 0 aliphatic heterocycles. The summed E-state index contributed by atoms with van der Waals surface area (Å²) in [7, 11) is 0. The van der Waals surface area contributed by atoms with Gasteiger partial charge in [0.15, 0.2) is 0 Å². The van der Waals surface area contributed by atoms with E-state index in [9.17, 15) is 10.1 Å². The molecule has 1 fully saturated rings. The van der Waals surface area contributed by atoms with E-state index in [4.69, 9.17) is 11.6 Å². The first-order valence-corrected chi connectivity index (χ1v) is 6.94. The molecule has 0 saturated heterocycles. The highest BCUT2D eigenvalue weighted by atomic mass is 35.5. The van der Waals surface area contributed by atoms with Crippen molar-refractivity contribution >= 4 is 17.5 Å². The van der Waals surface area contributed by atoms with Gasteiger partial charge in [0.05, 0.1) is 6.07 Å². The molecule has 3 nitrogen and oxygen atoms in total. The van der Waals surface area contributed by atoms with E-state index in [0.717, 1.165) is 37.7 Å². The van der Waals surface area contributed by atoms with E-state index in [2.05, 4.69) is 11.4 Å². The number of hydrogen-bond acceptors (Lipinski definition) is 2. The van der Waals surface area contributed by atoms with Gasteiger partial charge in [-0.2, -0.15) is 5.26 Å². The van der Waals surface area contributed by atoms with E-state index in [-0.39, 0.29) is 5.91 Å². The summed E-state index contributed by atoms with van der Waals surface area (Å²) < 4.78 is 0. The number of carbonyl (C=O) groups excluding carboxylic acids is 1. The minimum atomic E-state index is -0.702. The summed E-state index contributed by atoms with van der Waals surface area (Å²) in [5, 5.41) is 12.8. The summed E-state index contributed by atoms with van der Waals surface area (Å²) in [6.07, 6.45) is 4.57. The number of nitrogens with zero attached hydrogens (tertiary/aromatic N) is 1. The summed E-state index contributed by atoms with van der Waals surface area (Å²) >= 11 is 6.02. The van der Waals surface area contributed by atoms with E-state index in [1.807, 2.05) is 13.0 Å². The molecule has 1 aliphatic rings. The van der Waals surface area contributed by atoms with Crippen LogP contribution in [0.4, 0.5) is 0 Å². The van der Waals surface area contributed by atoms with Crippen LogP contribution in [0.5, 0.6) is 0 Å². The molecule has 0 spiro atoms. The normalized spacial score (nSPS) is 17.5. The van der Waals surface area contributed by atoms with Crippen LogP contribution in [0.1, 0.15) is 48.0 Å². The summed E-state index contributed by atoms with van der Waals surface area (Å²) in [6, 6.07) is 7.49. The van der Waals surface area contributed by atoms with Crippen molar-refractivity contribution in [2.75, 3.05) is 0 Å². The number of halogens is 1. The van der Waals surface area contributed by atoms with Crippen molar-refractivity contribution in [3.8, 4) is 6.07 Å². The molecule has 0 unspecified atom stereocenters. The van der Waals surface area contributed by atoms with Crippen LogP contribution in [0.25, 0.3) is 0 Å². The second-order valence-electron chi connectivity index (χ2n) is 5.17. The molecule has 0 aromatic heterocycles. The number of carbonyl (C=O) groups is 1. The van der Waals surface area contributed by atoms with Gasteiger partial charge in [-0.25, -0.2) is 0 Å². The second-order valence-corrected chi connectivity index (χ2v) is 5.58. The van der Waals surface area contributed by atoms with Crippen molar-refractivity contribution in [1.82, 2.24) is 5.32 Å². The molecule has 1 aromatic rings. The average molecular weight is 277 g/mol. The van der Waals surface area contributed by atoms with Crippen LogP contribution in [0.3, 0.4) is 0 Å². The fourth-order valence-corrected chi connectivity index (χ4v) is 2.62. The fourth-order valence-electron chi connectivity index (χ4n) is 2.44. The molecule has 1 N–H and O–H groups in total. The van der Waals surface area contributed by atoms with E-state index >= 15 is 0 Å². The van der Waals surface area contributed by atoms with Gasteiger partial charge in [0, 0.05) is 10.6 Å². The number of aryl methyl sites for hydroxylation is 1. The van der Waals surface area contributed by atoms with Crippen molar-refractivity contribution < 1.29 is 4.79 Å². The maximum absolute atomic E-state index is 12.2. The Hall–Kier alpha value is -1.53. The van der Waals surface area contributed by atoms with Gasteiger partial charge < -0.3 is 5.32 Å². The zero-order chi connectivity index (χ0) is 13.9. The van der Waals surface area contributed by atoms with E-state index in [1.165, 1.54) is 0 Å². The van der Waals surface area contributed by atoms with Crippen molar-refractivity contribution in [1.29, 1.82) is 5.26 Å². The fraction of sp³-hybridized carbons (Fsp3) is 0.467. The molecule has 0 heterocycles. The summed E-state index contributed by atoms with van der Waals surface area (Å²) in [5.74, 6) is -0.217. The predicted molar refractivity (Wildman–Crippen MR) is 75.1 cm³/mol. The topological polar surface area (TPSA) is 52.9 Å². The lowest BCUT2D eigenvalue weighted by Crippen LogP contribution is -2.48. The van der Waals surface area contributed by atoms with Gasteiger partial charge in [-0.3, -0.25) is 4.79 Å². The summed E-state index contributed by atoms with van der Waals surface area (Å²) in [5.41, 5.74) is 0.744. The molecule has 1 aliphatic carbocycles. The molecule has 1 saturated carbocycles. The Labute approximate surface area is 118 Å². The third kappa shape index (κ3) is 3.08. The van der Waals surface area contributed by atoms with Gasteiger partial charge in [-0.15, -0.1) is 0 Å². The minimum absolute atomic E-state index is 0.217. The van der Waals surface area contributed by atoms with E-state index in [1.54, 1.807) is 12.1 Å². The number of hydrogen-bond donors (Lipinski definition) is 1. The number of rotatable bonds is 2. The molecule has 0 radical (unpaired) electrons. The Morgan fingerprint density at radius 2 is 2.05 bits per heavy atom. The van der Waals surface area contributed by atoms with Gasteiger partial charge in [0.2, 0.25) is 0 Å². The van der Waals surface area contributed by atoms with Crippen molar-refractivity contribution in [2.24, 2.45) is 0 Å². The number of nitriles is 1. The van der Waals surface area contributed by atoms with Crippen LogP contribution in [0, 0.1) is 18.3 Å². The van der Waals surface area contributed by atoms with Gasteiger partial charge >= 0.3 is 0 Å². The molecule has 2 rings (SSSR count). The third-order valence-electron chi connectivity index (χ3n) is 3.71. The monoisotopic (exact) mass is 276 g/mol. The summed E-state index contributed by atoms with van der Waals surface area (Å²) in [4.78, 5) is 12.2. The molecule has 100 valence electrons. The van der Waals surface area contributed by atoms with Crippen molar-refractivity contribution in [3.63, 3.8) is 0 Å². The lowest BCUT2D eigenvalue weighted by molar-refractivity contribution is 0.0902. The third-order valence-corrected chi connectivity index (χ3v) is 4.12. The Bertz CT molecular complexity index is 527. The predicted octanol–water partition coefficient (Wildman–Crippen LogP) is 3.60. The van der Waals surface area contributed by atoms with Gasteiger partial charge in [-0.1, -0.05) is 36.9 Å². The van der Waals surface area contributed by atoms with Crippen LogP contribution in [0.2, 0.25) is 5.02 Å². The molecule has 1 amide bonds. The van der Waals surface area contributed by atoms with E-state index < -0.39 is 5.54 Å². The van der Waals surface area contributed by atoms with E-state index in [0.29, 0.717) is 10.6 Å². The van der Waals surface area contributed by atoms with Crippen LogP contribution < -0.4 is 5.32 Å². The maximum Gasteiger partial charge on any atom is 0.252 e. The quantitative estimate of drug-likeness (QED) is 0.897. The maximum atomic E-state index is 12.2. The second kappa shape index (κ2) is 5.63. The Morgan fingerprint density at radius 3 is 2.63 bits per heavy atom. The number of benzene rings is 1. The molecule has 1 aromatic carbocycles. The van der Waals surface area contributed by atoms with Crippen LogP contribution >= 0.6 is 11.6 Å². The highest BCUT2D eigenvalue weighted by molar-refractivity contribution is 6.31. The first-order valence-electron chi connectivity index (χ1n) is 6.56. The molecular weight excluding hydrogens is 260 g/mol. The van der Waals surface area contributed by atoms with Crippen LogP contribution in [-0.4, -0.2) is 11.4 Å². The Morgan fingerprint density at radius 1 is 1.37 bits per heavy atom. The molecule has 0 bridgehead atoms. The first-order chi connectivity index (χ1) is 9.06. The molecule has 0 atom stereocenters. The summed E-state index contributed by atoms with van der Waals surface area (Å²) in [6.45, 7) is 1.89. The minimum Gasteiger partial charge on any atom is -0.334 e.